The maximum absolute atomic E-state index is 12.1. The van der Waals surface area contributed by atoms with Crippen LogP contribution in [0, 0.1) is 0 Å². The van der Waals surface area contributed by atoms with Gasteiger partial charge in [-0.25, -0.2) is 18.7 Å². The quantitative estimate of drug-likeness (QED) is 0.175. The molecule has 2 aromatic rings. The summed E-state index contributed by atoms with van der Waals surface area (Å²) < 4.78 is 52.7. The Morgan fingerprint density at radius 1 is 1.21 bits per heavy atom. The van der Waals surface area contributed by atoms with Gasteiger partial charge in [0.25, 0.3) is 5.56 Å². The van der Waals surface area contributed by atoms with E-state index in [0.29, 0.717) is 0 Å². The standard InChI is InChI=1S/C11H16N5O14P3/c1-10-8(28-32(23,24)30-33(25,26)29-31(20,21)22)11(10,19)4(17)7(27-10)16-2-13-3-5(16)14-9(12)15-6(3)18/h2,4,7-8,17,19H,1H3,(H,23,24)(H,25,26)(H2,20,21,22)(H3,12,14,15,18)/t4-,7+,8?,10+,11+/m0/s1. The number of aliphatic hydroxyl groups is 2. The number of aromatic amines is 1. The normalized spacial score (nSPS) is 35.2. The molecule has 3 unspecified atom stereocenters. The van der Waals surface area contributed by atoms with Crippen molar-refractivity contribution in [2.45, 2.75) is 36.6 Å². The lowest BCUT2D eigenvalue weighted by Crippen LogP contribution is -2.37. The zero-order valence-corrected chi connectivity index (χ0v) is 18.7. The van der Waals surface area contributed by atoms with Crippen LogP contribution in [0.25, 0.3) is 11.2 Å². The fourth-order valence-corrected chi connectivity index (χ4v) is 6.94. The molecule has 2 aliphatic rings. The summed E-state index contributed by atoms with van der Waals surface area (Å²) in [6.07, 6.45) is -4.08. The summed E-state index contributed by atoms with van der Waals surface area (Å²) in [6.45, 7) is 1.15. The fourth-order valence-electron chi connectivity index (χ4n) is 3.65. The van der Waals surface area contributed by atoms with E-state index in [-0.39, 0.29) is 17.1 Å². The highest BCUT2D eigenvalue weighted by Crippen LogP contribution is 2.71. The highest BCUT2D eigenvalue weighted by Gasteiger charge is 2.87. The molecule has 2 aromatic heterocycles. The summed E-state index contributed by atoms with van der Waals surface area (Å²) in [5.41, 5.74) is 0.251. The van der Waals surface area contributed by atoms with E-state index in [1.54, 1.807) is 0 Å². The Bertz CT molecular complexity index is 1340. The average Bonchev–Trinajstić information content (AvgIpc) is 2.91. The molecule has 22 heteroatoms. The third-order valence-corrected chi connectivity index (χ3v) is 8.88. The SMILES string of the molecule is C[C@]12O[C@@H](n3cnc4c(=O)[nH]c(N)nc43)[C@H](O)[C@@]1(O)C2OP(=O)(O)OP(=O)(O)OP(=O)(O)O. The number of hydrogen-bond acceptors (Lipinski definition) is 13. The summed E-state index contributed by atoms with van der Waals surface area (Å²) in [5, 5.41) is 21.5. The van der Waals surface area contributed by atoms with E-state index >= 15 is 0 Å². The van der Waals surface area contributed by atoms with Gasteiger partial charge in [-0.1, -0.05) is 0 Å². The van der Waals surface area contributed by atoms with Gasteiger partial charge in [0.05, 0.1) is 6.33 Å². The molecule has 7 atom stereocenters. The van der Waals surface area contributed by atoms with Crippen LogP contribution in [0.3, 0.4) is 0 Å². The van der Waals surface area contributed by atoms with Crippen molar-refractivity contribution in [1.29, 1.82) is 0 Å². The second-order valence-corrected chi connectivity index (χ2v) is 11.6. The molecule has 33 heavy (non-hydrogen) atoms. The number of phosphoric acid groups is 3. The Balaban J connectivity index is 1.56. The first kappa shape index (κ1) is 24.6. The molecule has 19 nitrogen and oxygen atoms in total. The molecule has 2 fully saturated rings. The summed E-state index contributed by atoms with van der Waals surface area (Å²) in [6, 6.07) is 0. The summed E-state index contributed by atoms with van der Waals surface area (Å²) in [4.78, 5) is 57.9. The number of hydrogen-bond donors (Lipinski definition) is 8. The summed E-state index contributed by atoms with van der Waals surface area (Å²) in [5.74, 6) is -0.276. The van der Waals surface area contributed by atoms with E-state index in [9.17, 15) is 38.5 Å². The molecular formula is C11H16N5O14P3. The molecule has 184 valence electrons. The minimum atomic E-state index is -5.79. The van der Waals surface area contributed by atoms with Crippen molar-refractivity contribution >= 4 is 40.6 Å². The van der Waals surface area contributed by atoms with Gasteiger partial charge in [-0.3, -0.25) is 18.9 Å². The number of aromatic nitrogens is 4. The molecule has 1 saturated carbocycles. The van der Waals surface area contributed by atoms with E-state index in [4.69, 9.17) is 20.3 Å². The molecule has 3 heterocycles. The van der Waals surface area contributed by atoms with Crippen LogP contribution in [0.4, 0.5) is 5.95 Å². The van der Waals surface area contributed by atoms with E-state index in [1.807, 2.05) is 0 Å². The van der Waals surface area contributed by atoms with Crippen LogP contribution in [0.15, 0.2) is 11.1 Å². The first-order valence-electron chi connectivity index (χ1n) is 8.53. The lowest BCUT2D eigenvalue weighted by molar-refractivity contribution is -0.106. The first-order valence-corrected chi connectivity index (χ1v) is 13.1. The van der Waals surface area contributed by atoms with Crippen molar-refractivity contribution in [2.24, 2.45) is 0 Å². The number of nitrogens with zero attached hydrogens (tertiary/aromatic N) is 3. The number of imidazole rings is 1. The van der Waals surface area contributed by atoms with Crippen LogP contribution in [-0.2, 0) is 31.6 Å². The van der Waals surface area contributed by atoms with Gasteiger partial charge in [0.1, 0.15) is 17.8 Å². The molecule has 1 aliphatic carbocycles. The molecule has 0 spiro atoms. The number of phosphoric ester groups is 1. The monoisotopic (exact) mass is 535 g/mol. The van der Waals surface area contributed by atoms with Gasteiger partial charge in [0.15, 0.2) is 23.0 Å². The minimum absolute atomic E-state index is 0.113. The highest BCUT2D eigenvalue weighted by molar-refractivity contribution is 7.66. The third-order valence-electron chi connectivity index (χ3n) is 5.08. The number of ether oxygens (including phenoxy) is 1. The molecule has 9 N–H and O–H groups in total. The minimum Gasteiger partial charge on any atom is -0.385 e. The van der Waals surface area contributed by atoms with Gasteiger partial charge in [-0.2, -0.15) is 13.6 Å². The number of anilines is 1. The number of aliphatic hydroxyl groups excluding tert-OH is 1. The number of fused-ring (bicyclic) bond motifs is 2. The largest absolute Gasteiger partial charge is 0.490 e. The van der Waals surface area contributed by atoms with Crippen molar-refractivity contribution in [3.05, 3.63) is 16.7 Å². The van der Waals surface area contributed by atoms with Gasteiger partial charge < -0.3 is 40.3 Å². The molecule has 1 aliphatic heterocycles. The Morgan fingerprint density at radius 3 is 2.39 bits per heavy atom. The Hall–Kier alpha value is -1.56. The first-order chi connectivity index (χ1) is 14.9. The van der Waals surface area contributed by atoms with E-state index in [0.717, 1.165) is 17.8 Å². The number of nitrogens with one attached hydrogen (secondary N) is 1. The van der Waals surface area contributed by atoms with Crippen LogP contribution in [-0.4, -0.2) is 72.7 Å². The van der Waals surface area contributed by atoms with Crippen LogP contribution in [0.5, 0.6) is 0 Å². The van der Waals surface area contributed by atoms with E-state index in [1.165, 1.54) is 0 Å². The van der Waals surface area contributed by atoms with Crippen molar-refractivity contribution < 1.29 is 61.4 Å². The van der Waals surface area contributed by atoms with Gasteiger partial charge in [-0.05, 0) is 6.92 Å². The molecular weight excluding hydrogens is 519 g/mol. The molecule has 0 radical (unpaired) electrons. The second kappa shape index (κ2) is 7.22. The summed E-state index contributed by atoms with van der Waals surface area (Å²) >= 11 is 0. The van der Waals surface area contributed by atoms with Crippen molar-refractivity contribution in [3.8, 4) is 0 Å². The van der Waals surface area contributed by atoms with E-state index < -0.39 is 58.7 Å². The average molecular weight is 535 g/mol. The molecule has 0 amide bonds. The number of rotatable bonds is 7. The fraction of sp³-hybridized carbons (Fsp3) is 0.545. The summed E-state index contributed by atoms with van der Waals surface area (Å²) in [7, 11) is -17.0. The molecule has 0 bridgehead atoms. The topological polar surface area (TPSA) is 299 Å². The predicted octanol–water partition coefficient (Wildman–Crippen LogP) is -2.19. The van der Waals surface area contributed by atoms with Crippen molar-refractivity contribution in [3.63, 3.8) is 0 Å². The molecule has 4 rings (SSSR count). The zero-order valence-electron chi connectivity index (χ0n) is 16.0. The van der Waals surface area contributed by atoms with Crippen LogP contribution >= 0.6 is 23.5 Å². The Morgan fingerprint density at radius 2 is 1.85 bits per heavy atom. The van der Waals surface area contributed by atoms with Gasteiger partial charge in [-0.15, -0.1) is 0 Å². The molecule has 1 saturated heterocycles. The van der Waals surface area contributed by atoms with Crippen molar-refractivity contribution in [2.75, 3.05) is 5.73 Å². The lowest BCUT2D eigenvalue weighted by Gasteiger charge is -2.25. The van der Waals surface area contributed by atoms with Gasteiger partial charge >= 0.3 is 23.5 Å². The second-order valence-electron chi connectivity index (χ2n) is 7.24. The number of H-pyrrole nitrogens is 1. The van der Waals surface area contributed by atoms with Crippen LogP contribution in [0.2, 0.25) is 0 Å². The lowest BCUT2D eigenvalue weighted by atomic mass is 10.1. The Kier molecular flexibility index (Phi) is 5.38. The zero-order chi connectivity index (χ0) is 24.8. The smallest absolute Gasteiger partial charge is 0.385 e. The maximum Gasteiger partial charge on any atom is 0.490 e. The number of nitrogens with two attached hydrogens (primary N) is 1. The van der Waals surface area contributed by atoms with Crippen molar-refractivity contribution in [1.82, 2.24) is 19.5 Å². The van der Waals surface area contributed by atoms with Gasteiger partial charge in [0, 0.05) is 0 Å². The van der Waals surface area contributed by atoms with Crippen LogP contribution in [0.1, 0.15) is 13.2 Å². The maximum atomic E-state index is 12.1. The molecule has 0 aromatic carbocycles. The number of nitrogen functional groups attached to an aromatic ring is 1. The van der Waals surface area contributed by atoms with Gasteiger partial charge in [0.2, 0.25) is 5.95 Å². The highest BCUT2D eigenvalue weighted by atomic mass is 31.3. The Labute approximate surface area is 181 Å². The van der Waals surface area contributed by atoms with E-state index in [2.05, 4.69) is 28.1 Å². The third kappa shape index (κ3) is 4.00. The predicted molar refractivity (Wildman–Crippen MR) is 101 cm³/mol. The van der Waals surface area contributed by atoms with Crippen LogP contribution < -0.4 is 11.3 Å².